The maximum absolute atomic E-state index is 13.9. The van der Waals surface area contributed by atoms with E-state index < -0.39 is 17.5 Å². The zero-order valence-corrected chi connectivity index (χ0v) is 12.4. The molecule has 122 valence electrons. The van der Waals surface area contributed by atoms with E-state index in [1.807, 2.05) is 0 Å². The number of nitrogens with two attached hydrogens (primary N) is 2. The van der Waals surface area contributed by atoms with E-state index in [0.29, 0.717) is 16.8 Å². The number of hydrogen-bond acceptors (Lipinski definition) is 4. The van der Waals surface area contributed by atoms with Crippen LogP contribution in [0.25, 0.3) is 22.8 Å². The van der Waals surface area contributed by atoms with E-state index in [9.17, 15) is 13.6 Å². The predicted octanol–water partition coefficient (Wildman–Crippen LogP) is 2.84. The van der Waals surface area contributed by atoms with Crippen molar-refractivity contribution in [1.29, 1.82) is 0 Å². The number of carbonyl (C=O) groups excluding carboxylic acids is 1. The quantitative estimate of drug-likeness (QED) is 0.769. The molecule has 1 heterocycles. The third kappa shape index (κ3) is 2.77. The van der Waals surface area contributed by atoms with E-state index in [1.54, 1.807) is 12.1 Å². The Kier molecular flexibility index (Phi) is 4.09. The van der Waals surface area contributed by atoms with Gasteiger partial charge in [-0.1, -0.05) is 18.2 Å². The molecule has 5 nitrogen and oxygen atoms in total. The summed E-state index contributed by atoms with van der Waals surface area (Å²) >= 11 is 0. The van der Waals surface area contributed by atoms with Gasteiger partial charge in [-0.25, -0.2) is 13.8 Å². The standard InChI is InChI=1S/C17H13F2N3O2/c18-11-2-1-3-12(19)14(11)17-22-13(8-20)15(24-17)9-4-6-10(7-5-9)16(21)23/h1-7H,8,20H2,(H2,21,23). The summed E-state index contributed by atoms with van der Waals surface area (Å²) in [7, 11) is 0. The van der Waals surface area contributed by atoms with Gasteiger partial charge in [-0.05, 0) is 24.3 Å². The second-order valence-electron chi connectivity index (χ2n) is 5.04. The second-order valence-corrected chi connectivity index (χ2v) is 5.04. The van der Waals surface area contributed by atoms with Crippen LogP contribution in [0.5, 0.6) is 0 Å². The van der Waals surface area contributed by atoms with Crippen LogP contribution in [0.2, 0.25) is 0 Å². The summed E-state index contributed by atoms with van der Waals surface area (Å²) in [5.41, 5.74) is 11.7. The summed E-state index contributed by atoms with van der Waals surface area (Å²) in [6.07, 6.45) is 0. The van der Waals surface area contributed by atoms with Gasteiger partial charge in [0.25, 0.3) is 0 Å². The van der Waals surface area contributed by atoms with Gasteiger partial charge in [0.05, 0.1) is 0 Å². The smallest absolute Gasteiger partial charge is 0.248 e. The van der Waals surface area contributed by atoms with Crippen molar-refractivity contribution in [3.05, 3.63) is 65.4 Å². The van der Waals surface area contributed by atoms with Crippen molar-refractivity contribution < 1.29 is 18.0 Å². The number of oxazole rings is 1. The Bertz CT molecular complexity index is 884. The number of aromatic nitrogens is 1. The average Bonchev–Trinajstić information content (AvgIpc) is 2.98. The van der Waals surface area contributed by atoms with Gasteiger partial charge in [-0.3, -0.25) is 4.79 Å². The number of nitrogens with zero attached hydrogens (tertiary/aromatic N) is 1. The molecule has 0 aliphatic carbocycles. The molecular formula is C17H13F2N3O2. The summed E-state index contributed by atoms with van der Waals surface area (Å²) in [5, 5.41) is 0. The lowest BCUT2D eigenvalue weighted by Gasteiger charge is -2.01. The first-order chi connectivity index (χ1) is 11.5. The highest BCUT2D eigenvalue weighted by Crippen LogP contribution is 2.32. The summed E-state index contributed by atoms with van der Waals surface area (Å²) in [6, 6.07) is 9.72. The first kappa shape index (κ1) is 15.8. The number of halogens is 2. The van der Waals surface area contributed by atoms with E-state index in [-0.39, 0.29) is 23.8 Å². The molecule has 2 aromatic carbocycles. The Morgan fingerprint density at radius 3 is 2.25 bits per heavy atom. The molecule has 0 saturated carbocycles. The van der Waals surface area contributed by atoms with Gasteiger partial charge >= 0.3 is 0 Å². The largest absolute Gasteiger partial charge is 0.436 e. The lowest BCUT2D eigenvalue weighted by Crippen LogP contribution is -2.10. The number of hydrogen-bond donors (Lipinski definition) is 2. The molecule has 0 atom stereocenters. The number of primary amides is 1. The van der Waals surface area contributed by atoms with Crippen molar-refractivity contribution in [3.8, 4) is 22.8 Å². The van der Waals surface area contributed by atoms with Gasteiger partial charge in [-0.15, -0.1) is 0 Å². The van der Waals surface area contributed by atoms with Crippen molar-refractivity contribution in [1.82, 2.24) is 4.98 Å². The van der Waals surface area contributed by atoms with Crippen molar-refractivity contribution in [3.63, 3.8) is 0 Å². The second kappa shape index (κ2) is 6.21. The molecule has 0 saturated heterocycles. The van der Waals surface area contributed by atoms with Crippen LogP contribution >= 0.6 is 0 Å². The molecule has 0 fully saturated rings. The van der Waals surface area contributed by atoms with Crippen LogP contribution in [0.4, 0.5) is 8.78 Å². The van der Waals surface area contributed by atoms with Crippen LogP contribution in [0.15, 0.2) is 46.9 Å². The lowest BCUT2D eigenvalue weighted by molar-refractivity contribution is 0.100. The van der Waals surface area contributed by atoms with Crippen molar-refractivity contribution in [2.45, 2.75) is 6.54 Å². The minimum absolute atomic E-state index is 0.0203. The summed E-state index contributed by atoms with van der Waals surface area (Å²) in [6.45, 7) is 0.0203. The first-order valence-electron chi connectivity index (χ1n) is 7.05. The summed E-state index contributed by atoms with van der Waals surface area (Å²) in [5.74, 6) is -2.04. The lowest BCUT2D eigenvalue weighted by atomic mass is 10.1. The minimum Gasteiger partial charge on any atom is -0.436 e. The first-order valence-corrected chi connectivity index (χ1v) is 7.05. The maximum atomic E-state index is 13.9. The molecule has 1 amide bonds. The van der Waals surface area contributed by atoms with E-state index in [4.69, 9.17) is 15.9 Å². The van der Waals surface area contributed by atoms with Crippen LogP contribution in [-0.4, -0.2) is 10.9 Å². The highest BCUT2D eigenvalue weighted by Gasteiger charge is 2.20. The van der Waals surface area contributed by atoms with Gasteiger partial charge < -0.3 is 15.9 Å². The zero-order chi connectivity index (χ0) is 17.3. The van der Waals surface area contributed by atoms with Gasteiger partial charge in [0.1, 0.15) is 22.9 Å². The Balaban J connectivity index is 2.10. The summed E-state index contributed by atoms with van der Waals surface area (Å²) in [4.78, 5) is 15.2. The van der Waals surface area contributed by atoms with Crippen LogP contribution in [0.1, 0.15) is 16.1 Å². The SMILES string of the molecule is NCc1nc(-c2c(F)cccc2F)oc1-c1ccc(C(N)=O)cc1. The van der Waals surface area contributed by atoms with Crippen molar-refractivity contribution in [2.75, 3.05) is 0 Å². The van der Waals surface area contributed by atoms with Gasteiger partial charge in [0, 0.05) is 17.7 Å². The fourth-order valence-electron chi connectivity index (χ4n) is 2.31. The van der Waals surface area contributed by atoms with E-state index >= 15 is 0 Å². The monoisotopic (exact) mass is 329 g/mol. The van der Waals surface area contributed by atoms with E-state index in [1.165, 1.54) is 18.2 Å². The van der Waals surface area contributed by atoms with Crippen molar-refractivity contribution >= 4 is 5.91 Å². The number of carbonyl (C=O) groups is 1. The van der Waals surface area contributed by atoms with Crippen LogP contribution < -0.4 is 11.5 Å². The molecule has 0 aliphatic rings. The molecule has 1 aromatic heterocycles. The molecule has 0 spiro atoms. The highest BCUT2D eigenvalue weighted by atomic mass is 19.1. The number of rotatable bonds is 4. The van der Waals surface area contributed by atoms with Gasteiger partial charge in [0.2, 0.25) is 11.8 Å². The Labute approximate surface area is 135 Å². The van der Waals surface area contributed by atoms with Crippen molar-refractivity contribution in [2.24, 2.45) is 11.5 Å². The Hall–Kier alpha value is -3.06. The maximum Gasteiger partial charge on any atom is 0.248 e. The minimum atomic E-state index is -0.782. The summed E-state index contributed by atoms with van der Waals surface area (Å²) < 4.78 is 33.4. The van der Waals surface area contributed by atoms with Crippen LogP contribution in [0, 0.1) is 11.6 Å². The molecule has 0 bridgehead atoms. The molecule has 0 unspecified atom stereocenters. The highest BCUT2D eigenvalue weighted by molar-refractivity contribution is 5.93. The van der Waals surface area contributed by atoms with E-state index in [0.717, 1.165) is 12.1 Å². The van der Waals surface area contributed by atoms with Crippen LogP contribution in [0.3, 0.4) is 0 Å². The average molecular weight is 329 g/mol. The fourth-order valence-corrected chi connectivity index (χ4v) is 2.31. The third-order valence-corrected chi connectivity index (χ3v) is 3.50. The van der Waals surface area contributed by atoms with E-state index in [2.05, 4.69) is 4.98 Å². The Morgan fingerprint density at radius 1 is 1.08 bits per heavy atom. The molecule has 0 radical (unpaired) electrons. The normalized spacial score (nSPS) is 10.8. The molecule has 24 heavy (non-hydrogen) atoms. The predicted molar refractivity (Wildman–Crippen MR) is 83.7 cm³/mol. The number of benzene rings is 2. The molecule has 0 aliphatic heterocycles. The third-order valence-electron chi connectivity index (χ3n) is 3.50. The molecule has 3 aromatic rings. The van der Waals surface area contributed by atoms with Crippen LogP contribution in [-0.2, 0) is 6.54 Å². The molecule has 3 rings (SSSR count). The molecular weight excluding hydrogens is 316 g/mol. The fraction of sp³-hybridized carbons (Fsp3) is 0.0588. The van der Waals surface area contributed by atoms with Gasteiger partial charge in [-0.2, -0.15) is 0 Å². The topological polar surface area (TPSA) is 95.1 Å². The molecule has 4 N–H and O–H groups in total. The molecule has 7 heteroatoms. The Morgan fingerprint density at radius 2 is 1.71 bits per heavy atom. The van der Waals surface area contributed by atoms with Gasteiger partial charge in [0.15, 0.2) is 5.76 Å². The zero-order valence-electron chi connectivity index (χ0n) is 12.4. The number of amides is 1.